The molecule has 17 heavy (non-hydrogen) atoms. The molecule has 0 aliphatic carbocycles. The molecule has 0 saturated heterocycles. The van der Waals surface area contributed by atoms with Crippen LogP contribution in [0.2, 0.25) is 0 Å². The third kappa shape index (κ3) is 3.42. The van der Waals surface area contributed by atoms with Gasteiger partial charge in [-0.1, -0.05) is 0 Å². The molecule has 0 bridgehead atoms. The number of hydrogen-bond donors (Lipinski definition) is 3. The number of carboxylic acid groups (broad SMARTS) is 1. The lowest BCUT2D eigenvalue weighted by atomic mass is 10.1. The van der Waals surface area contributed by atoms with Gasteiger partial charge in [-0.2, -0.15) is 0 Å². The molecule has 7 nitrogen and oxygen atoms in total. The van der Waals surface area contributed by atoms with Gasteiger partial charge in [0.15, 0.2) is 0 Å². The van der Waals surface area contributed by atoms with E-state index in [-0.39, 0.29) is 12.2 Å². The molecule has 0 aliphatic heterocycles. The van der Waals surface area contributed by atoms with E-state index in [9.17, 15) is 14.9 Å². The van der Waals surface area contributed by atoms with Crippen molar-refractivity contribution < 1.29 is 19.9 Å². The minimum Gasteiger partial charge on any atom is -0.477 e. The Morgan fingerprint density at radius 1 is 1.47 bits per heavy atom. The maximum atomic E-state index is 10.7. The van der Waals surface area contributed by atoms with Crippen LogP contribution in [0.15, 0.2) is 18.2 Å². The topological polar surface area (TPSA) is 113 Å². The van der Waals surface area contributed by atoms with E-state index in [1.165, 1.54) is 18.2 Å². The molecule has 1 aromatic rings. The van der Waals surface area contributed by atoms with Gasteiger partial charge < -0.3 is 15.5 Å². The number of aromatic carboxylic acids is 1. The summed E-state index contributed by atoms with van der Waals surface area (Å²) in [5.41, 5.74) is -0.343. The normalized spacial score (nSPS) is 9.94. The standard InChI is InChI=1S/C10H12N2O5/c13-5-1-4-11-7-2-3-8(10(14)15)9(6-7)12(16)17/h2-3,6,11,13H,1,4-5H2,(H,14,15). The highest BCUT2D eigenvalue weighted by molar-refractivity contribution is 5.93. The highest BCUT2D eigenvalue weighted by atomic mass is 16.6. The predicted octanol–water partition coefficient (Wildman–Crippen LogP) is 1.09. The molecule has 0 atom stereocenters. The minimum absolute atomic E-state index is 0.0162. The Kier molecular flexibility index (Phi) is 4.41. The van der Waals surface area contributed by atoms with Crippen molar-refractivity contribution in [3.05, 3.63) is 33.9 Å². The molecule has 0 amide bonds. The fourth-order valence-electron chi connectivity index (χ4n) is 1.29. The van der Waals surface area contributed by atoms with E-state index < -0.39 is 16.6 Å². The first-order valence-electron chi connectivity index (χ1n) is 4.92. The Morgan fingerprint density at radius 2 is 2.18 bits per heavy atom. The number of nitro groups is 1. The molecule has 0 heterocycles. The van der Waals surface area contributed by atoms with Crippen molar-refractivity contribution in [2.24, 2.45) is 0 Å². The average molecular weight is 240 g/mol. The first kappa shape index (κ1) is 12.9. The third-order valence-electron chi connectivity index (χ3n) is 2.09. The van der Waals surface area contributed by atoms with Crippen LogP contribution in [-0.2, 0) is 0 Å². The molecular weight excluding hydrogens is 228 g/mol. The summed E-state index contributed by atoms with van der Waals surface area (Å²) in [4.78, 5) is 20.7. The highest BCUT2D eigenvalue weighted by Gasteiger charge is 2.19. The summed E-state index contributed by atoms with van der Waals surface area (Å²) in [6.45, 7) is 0.475. The Morgan fingerprint density at radius 3 is 2.71 bits per heavy atom. The molecule has 1 aromatic carbocycles. The van der Waals surface area contributed by atoms with Crippen molar-refractivity contribution in [1.82, 2.24) is 0 Å². The van der Waals surface area contributed by atoms with Gasteiger partial charge in [0.1, 0.15) is 5.56 Å². The van der Waals surface area contributed by atoms with E-state index >= 15 is 0 Å². The maximum absolute atomic E-state index is 10.7. The van der Waals surface area contributed by atoms with Crippen LogP contribution in [-0.4, -0.2) is 34.3 Å². The van der Waals surface area contributed by atoms with Gasteiger partial charge in [-0.3, -0.25) is 10.1 Å². The van der Waals surface area contributed by atoms with Crippen molar-refractivity contribution in [2.45, 2.75) is 6.42 Å². The summed E-state index contributed by atoms with van der Waals surface area (Å²) in [5.74, 6) is -1.33. The smallest absolute Gasteiger partial charge is 0.342 e. The second-order valence-electron chi connectivity index (χ2n) is 3.30. The second-order valence-corrected chi connectivity index (χ2v) is 3.30. The fraction of sp³-hybridized carbons (Fsp3) is 0.300. The number of benzene rings is 1. The van der Waals surface area contributed by atoms with Crippen molar-refractivity contribution in [2.75, 3.05) is 18.5 Å². The van der Waals surface area contributed by atoms with Crippen molar-refractivity contribution in [3.8, 4) is 0 Å². The van der Waals surface area contributed by atoms with Crippen LogP contribution < -0.4 is 5.32 Å². The largest absolute Gasteiger partial charge is 0.477 e. The summed E-state index contributed by atoms with van der Waals surface area (Å²) in [6, 6.07) is 3.80. The number of anilines is 1. The lowest BCUT2D eigenvalue weighted by molar-refractivity contribution is -0.385. The number of nitrogens with one attached hydrogen (secondary N) is 1. The molecule has 1 rings (SSSR count). The van der Waals surface area contributed by atoms with Gasteiger partial charge in [0, 0.05) is 24.9 Å². The van der Waals surface area contributed by atoms with E-state index in [0.29, 0.717) is 18.7 Å². The van der Waals surface area contributed by atoms with E-state index in [1.807, 2.05) is 0 Å². The lowest BCUT2D eigenvalue weighted by Crippen LogP contribution is -2.06. The Bertz CT molecular complexity index is 433. The number of aliphatic hydroxyl groups excluding tert-OH is 1. The van der Waals surface area contributed by atoms with Crippen LogP contribution in [0, 0.1) is 10.1 Å². The summed E-state index contributed by atoms with van der Waals surface area (Å²) in [6.07, 6.45) is 0.508. The van der Waals surface area contributed by atoms with Crippen molar-refractivity contribution >= 4 is 17.3 Å². The van der Waals surface area contributed by atoms with Crippen LogP contribution in [0.3, 0.4) is 0 Å². The average Bonchev–Trinajstić information content (AvgIpc) is 2.29. The van der Waals surface area contributed by atoms with Gasteiger partial charge in [0.25, 0.3) is 5.69 Å². The number of hydrogen-bond acceptors (Lipinski definition) is 5. The molecule has 92 valence electrons. The zero-order valence-corrected chi connectivity index (χ0v) is 8.92. The predicted molar refractivity (Wildman–Crippen MR) is 60.2 cm³/mol. The van der Waals surface area contributed by atoms with Gasteiger partial charge >= 0.3 is 5.97 Å². The molecule has 0 aromatic heterocycles. The van der Waals surface area contributed by atoms with Gasteiger partial charge in [-0.15, -0.1) is 0 Å². The number of nitro benzene ring substituents is 1. The number of carboxylic acids is 1. The monoisotopic (exact) mass is 240 g/mol. The third-order valence-corrected chi connectivity index (χ3v) is 2.09. The molecule has 0 spiro atoms. The Hall–Kier alpha value is -2.15. The van der Waals surface area contributed by atoms with E-state index in [4.69, 9.17) is 10.2 Å². The molecule has 0 unspecified atom stereocenters. The summed E-state index contributed by atoms with van der Waals surface area (Å²) in [7, 11) is 0. The van der Waals surface area contributed by atoms with E-state index in [2.05, 4.69) is 5.32 Å². The second kappa shape index (κ2) is 5.80. The first-order valence-corrected chi connectivity index (χ1v) is 4.92. The molecule has 0 aliphatic rings. The Labute approximate surface area is 96.8 Å². The highest BCUT2D eigenvalue weighted by Crippen LogP contribution is 2.23. The zero-order valence-electron chi connectivity index (χ0n) is 8.92. The molecule has 3 N–H and O–H groups in total. The maximum Gasteiger partial charge on any atom is 0.342 e. The van der Waals surface area contributed by atoms with Gasteiger partial charge in [0.05, 0.1) is 4.92 Å². The van der Waals surface area contributed by atoms with Crippen molar-refractivity contribution in [3.63, 3.8) is 0 Å². The summed E-state index contributed by atoms with van der Waals surface area (Å²) < 4.78 is 0. The minimum atomic E-state index is -1.33. The molecule has 7 heteroatoms. The quantitative estimate of drug-likeness (QED) is 0.389. The lowest BCUT2D eigenvalue weighted by Gasteiger charge is -2.06. The zero-order chi connectivity index (χ0) is 12.8. The number of aliphatic hydroxyl groups is 1. The fourth-order valence-corrected chi connectivity index (χ4v) is 1.29. The number of carbonyl (C=O) groups is 1. The molecule has 0 saturated carbocycles. The van der Waals surface area contributed by atoms with Crippen LogP contribution in [0.25, 0.3) is 0 Å². The van der Waals surface area contributed by atoms with E-state index in [0.717, 1.165) is 0 Å². The van der Waals surface area contributed by atoms with Crippen LogP contribution in [0.5, 0.6) is 0 Å². The van der Waals surface area contributed by atoms with Crippen molar-refractivity contribution in [1.29, 1.82) is 0 Å². The SMILES string of the molecule is O=C(O)c1ccc(NCCCO)cc1[N+](=O)[O-]. The van der Waals surface area contributed by atoms with Gasteiger partial charge in [0.2, 0.25) is 0 Å². The summed E-state index contributed by atoms with van der Waals surface area (Å²) in [5, 5.41) is 30.9. The van der Waals surface area contributed by atoms with Crippen LogP contribution in [0.4, 0.5) is 11.4 Å². The number of nitrogens with zero attached hydrogens (tertiary/aromatic N) is 1. The van der Waals surface area contributed by atoms with Crippen LogP contribution in [0.1, 0.15) is 16.8 Å². The summed E-state index contributed by atoms with van der Waals surface area (Å²) >= 11 is 0. The first-order chi connectivity index (χ1) is 8.06. The molecule has 0 fully saturated rings. The Balaban J connectivity index is 2.94. The van der Waals surface area contributed by atoms with Crippen LogP contribution >= 0.6 is 0 Å². The molecule has 0 radical (unpaired) electrons. The van der Waals surface area contributed by atoms with Gasteiger partial charge in [-0.25, -0.2) is 4.79 Å². The van der Waals surface area contributed by atoms with E-state index in [1.54, 1.807) is 0 Å². The number of rotatable bonds is 6. The van der Waals surface area contributed by atoms with Gasteiger partial charge in [-0.05, 0) is 18.6 Å². The molecular formula is C10H12N2O5.